The van der Waals surface area contributed by atoms with Crippen LogP contribution in [-0.2, 0) is 11.2 Å². The van der Waals surface area contributed by atoms with Gasteiger partial charge in [0.2, 0.25) is 0 Å². The molecular weight excluding hydrogens is 284 g/mol. The standard InChI is InChI=1S/C16H24N2O4/c1-11-5-6-13(8-12(11)2)9-14(10-19)18-16(22)17-7-3-4-15(20)21/h5-6,8,14,19H,3-4,7,9-10H2,1-2H3,(H,20,21)(H2,17,18,22). The van der Waals surface area contributed by atoms with Gasteiger partial charge in [-0.2, -0.15) is 0 Å². The average molecular weight is 308 g/mol. The van der Waals surface area contributed by atoms with Crippen LogP contribution in [0.5, 0.6) is 0 Å². The van der Waals surface area contributed by atoms with E-state index in [1.54, 1.807) is 0 Å². The van der Waals surface area contributed by atoms with Gasteiger partial charge in [-0.15, -0.1) is 0 Å². The zero-order valence-corrected chi connectivity index (χ0v) is 13.1. The first kappa shape index (κ1) is 18.0. The summed E-state index contributed by atoms with van der Waals surface area (Å²) < 4.78 is 0. The summed E-state index contributed by atoms with van der Waals surface area (Å²) in [5, 5.41) is 23.2. The average Bonchev–Trinajstić information content (AvgIpc) is 2.46. The second kappa shape index (κ2) is 9.04. The van der Waals surface area contributed by atoms with Gasteiger partial charge in [0.05, 0.1) is 12.6 Å². The molecule has 6 heteroatoms. The lowest BCUT2D eigenvalue weighted by Crippen LogP contribution is -2.45. The highest BCUT2D eigenvalue weighted by Crippen LogP contribution is 2.11. The summed E-state index contributed by atoms with van der Waals surface area (Å²) in [7, 11) is 0. The van der Waals surface area contributed by atoms with Gasteiger partial charge in [-0.25, -0.2) is 4.79 Å². The Bertz CT molecular complexity index is 517. The molecule has 2 amide bonds. The summed E-state index contributed by atoms with van der Waals surface area (Å²) in [6.45, 7) is 4.19. The number of nitrogens with one attached hydrogen (secondary N) is 2. The topological polar surface area (TPSA) is 98.7 Å². The Hall–Kier alpha value is -2.08. The third kappa shape index (κ3) is 6.58. The first-order valence-corrected chi connectivity index (χ1v) is 7.35. The van der Waals surface area contributed by atoms with Crippen LogP contribution in [0.2, 0.25) is 0 Å². The highest BCUT2D eigenvalue weighted by Gasteiger charge is 2.12. The number of hydrogen-bond acceptors (Lipinski definition) is 3. The second-order valence-corrected chi connectivity index (χ2v) is 5.40. The van der Waals surface area contributed by atoms with E-state index >= 15 is 0 Å². The third-order valence-corrected chi connectivity index (χ3v) is 3.46. The van der Waals surface area contributed by atoms with E-state index < -0.39 is 12.0 Å². The first-order valence-electron chi connectivity index (χ1n) is 7.35. The number of benzene rings is 1. The van der Waals surface area contributed by atoms with E-state index in [0.29, 0.717) is 19.4 Å². The number of carbonyl (C=O) groups excluding carboxylic acids is 1. The van der Waals surface area contributed by atoms with Crippen molar-refractivity contribution < 1.29 is 19.8 Å². The number of amides is 2. The summed E-state index contributed by atoms with van der Waals surface area (Å²) in [5.74, 6) is -0.884. The molecule has 6 nitrogen and oxygen atoms in total. The fraction of sp³-hybridized carbons (Fsp3) is 0.500. The number of urea groups is 1. The number of aliphatic hydroxyl groups is 1. The molecule has 0 saturated heterocycles. The molecule has 22 heavy (non-hydrogen) atoms. The zero-order chi connectivity index (χ0) is 16.5. The van der Waals surface area contributed by atoms with Crippen molar-refractivity contribution in [2.45, 2.75) is 39.2 Å². The van der Waals surface area contributed by atoms with Crippen molar-refractivity contribution in [3.8, 4) is 0 Å². The summed E-state index contributed by atoms with van der Waals surface area (Å²) in [4.78, 5) is 22.0. The predicted octanol–water partition coefficient (Wildman–Crippen LogP) is 1.37. The van der Waals surface area contributed by atoms with E-state index in [2.05, 4.69) is 10.6 Å². The smallest absolute Gasteiger partial charge is 0.315 e. The molecule has 0 saturated carbocycles. The van der Waals surface area contributed by atoms with Crippen LogP contribution in [0, 0.1) is 13.8 Å². The van der Waals surface area contributed by atoms with Crippen LogP contribution in [0.4, 0.5) is 4.79 Å². The number of rotatable bonds is 8. The molecule has 1 aromatic carbocycles. The molecule has 0 radical (unpaired) electrons. The lowest BCUT2D eigenvalue weighted by molar-refractivity contribution is -0.137. The fourth-order valence-corrected chi connectivity index (χ4v) is 2.05. The van der Waals surface area contributed by atoms with E-state index in [4.69, 9.17) is 5.11 Å². The van der Waals surface area contributed by atoms with Gasteiger partial charge in [0.15, 0.2) is 0 Å². The maximum absolute atomic E-state index is 11.7. The number of aliphatic hydroxyl groups excluding tert-OH is 1. The Morgan fingerprint density at radius 3 is 2.55 bits per heavy atom. The van der Waals surface area contributed by atoms with E-state index in [0.717, 1.165) is 5.56 Å². The van der Waals surface area contributed by atoms with E-state index in [-0.39, 0.29) is 19.1 Å². The fourth-order valence-electron chi connectivity index (χ4n) is 2.05. The zero-order valence-electron chi connectivity index (χ0n) is 13.1. The number of hydrogen-bond donors (Lipinski definition) is 4. The lowest BCUT2D eigenvalue weighted by atomic mass is 10.0. The first-order chi connectivity index (χ1) is 10.4. The van der Waals surface area contributed by atoms with Crippen molar-refractivity contribution in [2.24, 2.45) is 0 Å². The van der Waals surface area contributed by atoms with Crippen molar-refractivity contribution in [1.82, 2.24) is 10.6 Å². The van der Waals surface area contributed by atoms with E-state index in [1.165, 1.54) is 11.1 Å². The number of carboxylic acids is 1. The highest BCUT2D eigenvalue weighted by atomic mass is 16.4. The van der Waals surface area contributed by atoms with Crippen LogP contribution in [0.15, 0.2) is 18.2 Å². The van der Waals surface area contributed by atoms with E-state index in [9.17, 15) is 14.7 Å². The minimum atomic E-state index is -0.884. The second-order valence-electron chi connectivity index (χ2n) is 5.40. The molecule has 122 valence electrons. The van der Waals surface area contributed by atoms with Gasteiger partial charge in [0.25, 0.3) is 0 Å². The summed E-state index contributed by atoms with van der Waals surface area (Å²) in [5.41, 5.74) is 3.43. The monoisotopic (exact) mass is 308 g/mol. The largest absolute Gasteiger partial charge is 0.481 e. The lowest BCUT2D eigenvalue weighted by Gasteiger charge is -2.17. The molecule has 1 aromatic rings. The highest BCUT2D eigenvalue weighted by molar-refractivity contribution is 5.74. The van der Waals surface area contributed by atoms with Crippen molar-refractivity contribution >= 4 is 12.0 Å². The Kier molecular flexibility index (Phi) is 7.39. The van der Waals surface area contributed by atoms with Gasteiger partial charge in [0, 0.05) is 13.0 Å². The third-order valence-electron chi connectivity index (χ3n) is 3.46. The molecule has 0 bridgehead atoms. The number of aryl methyl sites for hydroxylation is 2. The van der Waals surface area contributed by atoms with Crippen molar-refractivity contribution in [1.29, 1.82) is 0 Å². The van der Waals surface area contributed by atoms with Crippen LogP contribution >= 0.6 is 0 Å². The Morgan fingerprint density at radius 1 is 1.23 bits per heavy atom. The quantitative estimate of drug-likeness (QED) is 0.545. The van der Waals surface area contributed by atoms with Crippen LogP contribution < -0.4 is 10.6 Å². The maximum atomic E-state index is 11.7. The summed E-state index contributed by atoms with van der Waals surface area (Å²) in [6.07, 6.45) is 0.941. The van der Waals surface area contributed by atoms with Crippen molar-refractivity contribution in [3.63, 3.8) is 0 Å². The summed E-state index contributed by atoms with van der Waals surface area (Å²) >= 11 is 0. The van der Waals surface area contributed by atoms with Gasteiger partial charge in [-0.1, -0.05) is 18.2 Å². The van der Waals surface area contributed by atoms with Gasteiger partial charge < -0.3 is 20.8 Å². The van der Waals surface area contributed by atoms with Gasteiger partial charge in [-0.3, -0.25) is 4.79 Å². The SMILES string of the molecule is Cc1ccc(CC(CO)NC(=O)NCCCC(=O)O)cc1C. The molecule has 0 aliphatic rings. The van der Waals surface area contributed by atoms with Gasteiger partial charge in [0.1, 0.15) is 0 Å². The number of carboxylic acid groups (broad SMARTS) is 1. The van der Waals surface area contributed by atoms with Gasteiger partial charge >= 0.3 is 12.0 Å². The van der Waals surface area contributed by atoms with E-state index in [1.807, 2.05) is 32.0 Å². The minimum Gasteiger partial charge on any atom is -0.481 e. The molecule has 1 unspecified atom stereocenters. The molecule has 0 aliphatic carbocycles. The minimum absolute atomic E-state index is 0.0202. The van der Waals surface area contributed by atoms with Crippen LogP contribution in [0.25, 0.3) is 0 Å². The normalized spacial score (nSPS) is 11.8. The Morgan fingerprint density at radius 2 is 1.95 bits per heavy atom. The van der Waals surface area contributed by atoms with Crippen LogP contribution in [0.1, 0.15) is 29.5 Å². The van der Waals surface area contributed by atoms with Crippen LogP contribution in [-0.4, -0.2) is 41.4 Å². The molecule has 0 fully saturated rings. The number of aliphatic carboxylic acids is 1. The summed E-state index contributed by atoms with van der Waals surface area (Å²) in [6, 6.07) is 5.28. The molecule has 1 rings (SSSR count). The molecule has 0 aliphatic heterocycles. The molecular formula is C16H24N2O4. The van der Waals surface area contributed by atoms with Gasteiger partial charge in [-0.05, 0) is 43.4 Å². The van der Waals surface area contributed by atoms with Crippen LogP contribution in [0.3, 0.4) is 0 Å². The Balaban J connectivity index is 2.42. The number of carbonyl (C=O) groups is 2. The molecule has 1 atom stereocenters. The molecule has 0 heterocycles. The van der Waals surface area contributed by atoms with Crippen molar-refractivity contribution in [2.75, 3.05) is 13.2 Å². The Labute approximate surface area is 130 Å². The molecule has 0 spiro atoms. The predicted molar refractivity (Wildman–Crippen MR) is 83.9 cm³/mol. The molecule has 4 N–H and O–H groups in total. The molecule has 0 aromatic heterocycles. The maximum Gasteiger partial charge on any atom is 0.315 e. The van der Waals surface area contributed by atoms with Crippen molar-refractivity contribution in [3.05, 3.63) is 34.9 Å².